The number of methoxy groups -OCH3 is 1. The molecule has 1 aromatic heterocycles. The van der Waals surface area contributed by atoms with Crippen molar-refractivity contribution in [3.05, 3.63) is 78.0 Å². The quantitative estimate of drug-likeness (QED) is 0.659. The molecule has 7 nitrogen and oxygen atoms in total. The van der Waals surface area contributed by atoms with Crippen molar-refractivity contribution >= 4 is 17.5 Å². The summed E-state index contributed by atoms with van der Waals surface area (Å²) in [5.74, 6) is 1.48. The average molecular weight is 417 g/mol. The van der Waals surface area contributed by atoms with Gasteiger partial charge in [-0.3, -0.25) is 9.59 Å². The fourth-order valence-corrected chi connectivity index (χ4v) is 3.37. The number of nitrogens with one attached hydrogen (secondary N) is 1. The van der Waals surface area contributed by atoms with Gasteiger partial charge in [-0.25, -0.2) is 4.98 Å². The number of fused-ring (bicyclic) bond motifs is 2. The van der Waals surface area contributed by atoms with E-state index in [1.165, 1.54) is 0 Å². The van der Waals surface area contributed by atoms with Crippen molar-refractivity contribution in [2.24, 2.45) is 0 Å². The first-order valence-electron chi connectivity index (χ1n) is 10.0. The number of carbonyl (C=O) groups is 2. The molecule has 0 radical (unpaired) electrons. The summed E-state index contributed by atoms with van der Waals surface area (Å²) in [5.41, 5.74) is 2.45. The third-order valence-corrected chi connectivity index (χ3v) is 5.07. The number of ether oxygens (including phenoxy) is 2. The summed E-state index contributed by atoms with van der Waals surface area (Å²) in [6.07, 6.45) is 1.82. The van der Waals surface area contributed by atoms with E-state index in [1.54, 1.807) is 30.3 Å². The van der Waals surface area contributed by atoms with E-state index in [9.17, 15) is 9.59 Å². The zero-order chi connectivity index (χ0) is 21.6. The maximum Gasteiger partial charge on any atom is 0.243 e. The fraction of sp³-hybridized carbons (Fsp3) is 0.208. The van der Waals surface area contributed by atoms with E-state index in [4.69, 9.17) is 9.47 Å². The number of benzene rings is 2. The maximum atomic E-state index is 13.0. The van der Waals surface area contributed by atoms with Crippen molar-refractivity contribution in [2.45, 2.75) is 25.9 Å². The predicted octanol–water partition coefficient (Wildman–Crippen LogP) is 3.83. The number of hydrogen-bond acceptors (Lipinski definition) is 5. The fourth-order valence-electron chi connectivity index (χ4n) is 3.37. The zero-order valence-corrected chi connectivity index (χ0v) is 17.2. The van der Waals surface area contributed by atoms with Crippen molar-refractivity contribution in [3.8, 4) is 17.4 Å². The third kappa shape index (κ3) is 4.83. The highest BCUT2D eigenvalue weighted by atomic mass is 16.5. The van der Waals surface area contributed by atoms with Crippen LogP contribution in [0.5, 0.6) is 17.4 Å². The second-order valence-electron chi connectivity index (χ2n) is 7.14. The Morgan fingerprint density at radius 3 is 2.68 bits per heavy atom. The van der Waals surface area contributed by atoms with Crippen LogP contribution in [0.3, 0.4) is 0 Å². The van der Waals surface area contributed by atoms with Gasteiger partial charge in [-0.15, -0.1) is 0 Å². The van der Waals surface area contributed by atoms with Crippen LogP contribution in [0.4, 0.5) is 5.69 Å². The first-order chi connectivity index (χ1) is 15.1. The number of rotatable bonds is 6. The van der Waals surface area contributed by atoms with Crippen molar-refractivity contribution in [2.75, 3.05) is 12.0 Å². The molecular weight excluding hydrogens is 394 g/mol. The molecule has 158 valence electrons. The van der Waals surface area contributed by atoms with Gasteiger partial charge in [0.15, 0.2) is 0 Å². The lowest BCUT2D eigenvalue weighted by atomic mass is 10.1. The Labute approximate surface area is 180 Å². The molecule has 0 unspecified atom stereocenters. The largest absolute Gasteiger partial charge is 0.497 e. The minimum atomic E-state index is -0.179. The number of anilines is 1. The smallest absolute Gasteiger partial charge is 0.243 e. The van der Waals surface area contributed by atoms with Gasteiger partial charge in [0.05, 0.1) is 13.7 Å². The molecule has 0 saturated carbocycles. The summed E-state index contributed by atoms with van der Waals surface area (Å²) < 4.78 is 11.0. The highest BCUT2D eigenvalue weighted by Gasteiger charge is 2.26. The van der Waals surface area contributed by atoms with Gasteiger partial charge in [0.1, 0.15) is 17.2 Å². The van der Waals surface area contributed by atoms with Crippen LogP contribution in [-0.2, 0) is 22.7 Å². The van der Waals surface area contributed by atoms with Gasteiger partial charge in [-0.2, -0.15) is 0 Å². The number of aromatic nitrogens is 1. The van der Waals surface area contributed by atoms with Crippen molar-refractivity contribution in [1.82, 2.24) is 10.3 Å². The Hall–Kier alpha value is -3.87. The molecule has 3 aromatic rings. The maximum absolute atomic E-state index is 13.0. The van der Waals surface area contributed by atoms with Crippen LogP contribution in [0.2, 0.25) is 0 Å². The molecule has 4 rings (SSSR count). The summed E-state index contributed by atoms with van der Waals surface area (Å²) in [5, 5.41) is 2.85. The minimum absolute atomic E-state index is 0.0882. The molecule has 31 heavy (non-hydrogen) atoms. The van der Waals surface area contributed by atoms with Crippen LogP contribution in [0.1, 0.15) is 24.0 Å². The van der Waals surface area contributed by atoms with Crippen LogP contribution in [0, 0.1) is 0 Å². The Morgan fingerprint density at radius 1 is 1.06 bits per heavy atom. The topological polar surface area (TPSA) is 80.8 Å². The molecule has 1 aliphatic heterocycles. The molecule has 0 bridgehead atoms. The summed E-state index contributed by atoms with van der Waals surface area (Å²) >= 11 is 0. The first kappa shape index (κ1) is 20.4. The van der Waals surface area contributed by atoms with Gasteiger partial charge in [-0.05, 0) is 35.9 Å². The van der Waals surface area contributed by atoms with E-state index >= 15 is 0 Å². The number of amides is 2. The highest BCUT2D eigenvalue weighted by Crippen LogP contribution is 2.37. The van der Waals surface area contributed by atoms with Crippen LogP contribution in [0.15, 0.2) is 66.9 Å². The lowest BCUT2D eigenvalue weighted by Gasteiger charge is -2.21. The number of carbonyl (C=O) groups excluding carboxylic acids is 2. The number of hydrogen-bond donors (Lipinski definition) is 1. The Kier molecular flexibility index (Phi) is 6.12. The number of nitrogens with zero attached hydrogens (tertiary/aromatic N) is 2. The molecule has 2 amide bonds. The molecule has 2 aromatic carbocycles. The molecule has 1 N–H and O–H groups in total. The lowest BCUT2D eigenvalue weighted by Crippen LogP contribution is -2.31. The van der Waals surface area contributed by atoms with E-state index in [0.29, 0.717) is 30.4 Å². The second kappa shape index (κ2) is 9.30. The number of pyridine rings is 1. The standard InChI is InChI=1S/C24H23N3O4/c1-30-19-10-8-17(9-11-19)15-26-22(28)12-13-23(29)27-16-18-5-2-3-7-21(18)31-24-20(27)6-4-14-25-24/h2-11,14H,12-13,15-16H2,1H3,(H,26,28). The summed E-state index contributed by atoms with van der Waals surface area (Å²) in [6.45, 7) is 0.760. The van der Waals surface area contributed by atoms with Crippen LogP contribution in [0.25, 0.3) is 0 Å². The van der Waals surface area contributed by atoms with Crippen molar-refractivity contribution in [3.63, 3.8) is 0 Å². The summed E-state index contributed by atoms with van der Waals surface area (Å²) in [6, 6.07) is 18.6. The Bertz CT molecular complexity index is 1080. The van der Waals surface area contributed by atoms with Gasteiger partial charge in [0, 0.05) is 31.1 Å². The Balaban J connectivity index is 1.39. The molecule has 0 saturated heterocycles. The van der Waals surface area contributed by atoms with Gasteiger partial charge >= 0.3 is 0 Å². The second-order valence-corrected chi connectivity index (χ2v) is 7.14. The molecule has 1 aliphatic rings. The molecule has 2 heterocycles. The minimum Gasteiger partial charge on any atom is -0.497 e. The number of para-hydroxylation sites is 1. The highest BCUT2D eigenvalue weighted by molar-refractivity contribution is 5.96. The molecule has 0 aliphatic carbocycles. The van der Waals surface area contributed by atoms with Gasteiger partial charge < -0.3 is 19.7 Å². The third-order valence-electron chi connectivity index (χ3n) is 5.07. The van der Waals surface area contributed by atoms with E-state index in [2.05, 4.69) is 10.3 Å². The average Bonchev–Trinajstić information content (AvgIpc) is 2.98. The summed E-state index contributed by atoms with van der Waals surface area (Å²) in [4.78, 5) is 31.2. The monoisotopic (exact) mass is 417 g/mol. The van der Waals surface area contributed by atoms with E-state index < -0.39 is 0 Å². The molecule has 0 spiro atoms. The van der Waals surface area contributed by atoms with Crippen LogP contribution < -0.4 is 19.7 Å². The van der Waals surface area contributed by atoms with Crippen LogP contribution in [-0.4, -0.2) is 23.9 Å². The molecule has 7 heteroatoms. The van der Waals surface area contributed by atoms with E-state index in [0.717, 1.165) is 16.9 Å². The molecule has 0 atom stereocenters. The van der Waals surface area contributed by atoms with Gasteiger partial charge in [-0.1, -0.05) is 30.3 Å². The molecular formula is C24H23N3O4. The normalized spacial score (nSPS) is 12.1. The summed E-state index contributed by atoms with van der Waals surface area (Å²) in [7, 11) is 1.61. The molecule has 0 fully saturated rings. The SMILES string of the molecule is COc1ccc(CNC(=O)CCC(=O)N2Cc3ccccc3Oc3ncccc32)cc1. The van der Waals surface area contributed by atoms with Gasteiger partial charge in [0.2, 0.25) is 17.7 Å². The first-order valence-corrected chi connectivity index (χ1v) is 10.0. The lowest BCUT2D eigenvalue weighted by molar-refractivity contribution is -0.125. The Morgan fingerprint density at radius 2 is 1.87 bits per heavy atom. The van der Waals surface area contributed by atoms with Crippen molar-refractivity contribution in [1.29, 1.82) is 0 Å². The van der Waals surface area contributed by atoms with E-state index in [-0.39, 0.29) is 24.7 Å². The van der Waals surface area contributed by atoms with Gasteiger partial charge in [0.25, 0.3) is 0 Å². The predicted molar refractivity (Wildman–Crippen MR) is 116 cm³/mol. The van der Waals surface area contributed by atoms with Crippen molar-refractivity contribution < 1.29 is 19.1 Å². The van der Waals surface area contributed by atoms with Crippen LogP contribution >= 0.6 is 0 Å². The zero-order valence-electron chi connectivity index (χ0n) is 17.2. The van der Waals surface area contributed by atoms with E-state index in [1.807, 2.05) is 48.5 Å².